The summed E-state index contributed by atoms with van der Waals surface area (Å²) in [7, 11) is -4.09. The molecule has 0 radical (unpaired) electrons. The highest BCUT2D eigenvalue weighted by molar-refractivity contribution is 7.49. The van der Waals surface area contributed by atoms with Gasteiger partial charge in [-0.1, -0.05) is 66.7 Å². The van der Waals surface area contributed by atoms with Gasteiger partial charge in [-0.05, 0) is 42.8 Å². The molecule has 7 heteroatoms. The molecule has 0 unspecified atom stereocenters. The Balaban J connectivity index is 1.57. The van der Waals surface area contributed by atoms with Gasteiger partial charge in [-0.25, -0.2) is 4.57 Å². The van der Waals surface area contributed by atoms with Gasteiger partial charge < -0.3 is 13.9 Å². The third-order valence-corrected chi connectivity index (χ3v) is 6.42. The van der Waals surface area contributed by atoms with Crippen LogP contribution < -0.4 is 9.05 Å². The first-order valence-electron chi connectivity index (χ1n) is 10.3. The molecule has 2 atom stereocenters. The first-order chi connectivity index (χ1) is 15.5. The predicted octanol–water partition coefficient (Wildman–Crippen LogP) is 5.62. The van der Waals surface area contributed by atoms with E-state index in [-0.39, 0.29) is 11.9 Å². The van der Waals surface area contributed by atoms with Gasteiger partial charge in [-0.15, -0.1) is 0 Å². The van der Waals surface area contributed by atoms with E-state index in [2.05, 4.69) is 0 Å². The molecule has 4 rings (SSSR count). The molecule has 3 aromatic carbocycles. The zero-order valence-corrected chi connectivity index (χ0v) is 18.5. The van der Waals surface area contributed by atoms with Crippen LogP contribution in [0, 0.1) is 0 Å². The summed E-state index contributed by atoms with van der Waals surface area (Å²) in [6, 6.07) is 26.7. The second kappa shape index (κ2) is 9.86. The smallest absolute Gasteiger partial charge is 0.395 e. The van der Waals surface area contributed by atoms with Crippen molar-refractivity contribution in [3.8, 4) is 11.5 Å². The quantitative estimate of drug-likeness (QED) is 0.418. The molecule has 3 aromatic rings. The molecule has 0 saturated heterocycles. The number of benzene rings is 3. The molecule has 6 nitrogen and oxygen atoms in total. The van der Waals surface area contributed by atoms with Crippen LogP contribution in [0.4, 0.5) is 0 Å². The number of rotatable bonds is 8. The summed E-state index contributed by atoms with van der Waals surface area (Å²) in [5.74, 6) is 0.580. The SMILES string of the molecule is C[C@H]1[C@H](OP(=O)(Oc2ccccc2)Oc2ccccc2)C=CC(=O)N1Cc1ccccc1. The fourth-order valence-electron chi connectivity index (χ4n) is 3.37. The van der Waals surface area contributed by atoms with E-state index in [1.807, 2.05) is 49.4 Å². The van der Waals surface area contributed by atoms with Crippen LogP contribution in [0.1, 0.15) is 12.5 Å². The number of para-hydroxylation sites is 2. The summed E-state index contributed by atoms with van der Waals surface area (Å²) < 4.78 is 31.1. The Labute approximate surface area is 187 Å². The number of hydrogen-bond donors (Lipinski definition) is 0. The molecule has 1 amide bonds. The summed E-state index contributed by atoms with van der Waals surface area (Å²) in [5.41, 5.74) is 0.992. The van der Waals surface area contributed by atoms with Crippen LogP contribution in [0.25, 0.3) is 0 Å². The molecular weight excluding hydrogens is 425 g/mol. The first kappa shape index (κ1) is 21.9. The molecule has 0 aliphatic carbocycles. The van der Waals surface area contributed by atoms with Crippen LogP contribution in [0.15, 0.2) is 103 Å². The molecule has 32 heavy (non-hydrogen) atoms. The standard InChI is InChI=1S/C25H24NO5P/c1-20-24(17-18-25(27)26(20)19-21-11-5-2-6-12-21)31-32(28,29-22-13-7-3-8-14-22)30-23-15-9-4-10-16-23/h2-18,20,24H,19H2,1H3/t20-,24+/m0/s1. The van der Waals surface area contributed by atoms with Gasteiger partial charge in [-0.2, -0.15) is 0 Å². The van der Waals surface area contributed by atoms with E-state index in [0.29, 0.717) is 18.0 Å². The van der Waals surface area contributed by atoms with Gasteiger partial charge in [0.15, 0.2) is 0 Å². The molecule has 1 heterocycles. The van der Waals surface area contributed by atoms with E-state index in [4.69, 9.17) is 13.6 Å². The van der Waals surface area contributed by atoms with E-state index < -0.39 is 13.9 Å². The van der Waals surface area contributed by atoms with Crippen LogP contribution in [-0.2, 0) is 20.4 Å². The van der Waals surface area contributed by atoms with Crippen molar-refractivity contribution in [3.05, 3.63) is 109 Å². The van der Waals surface area contributed by atoms with E-state index >= 15 is 0 Å². The van der Waals surface area contributed by atoms with Gasteiger partial charge in [0.05, 0.1) is 6.04 Å². The van der Waals surface area contributed by atoms with Crippen LogP contribution in [0.2, 0.25) is 0 Å². The number of hydrogen-bond acceptors (Lipinski definition) is 5. The fraction of sp³-hybridized carbons (Fsp3) is 0.160. The summed E-state index contributed by atoms with van der Waals surface area (Å²) in [6.07, 6.45) is 2.35. The molecule has 0 fully saturated rings. The van der Waals surface area contributed by atoms with Gasteiger partial charge >= 0.3 is 7.82 Å². The fourth-order valence-corrected chi connectivity index (χ4v) is 4.80. The Morgan fingerprint density at radius 3 is 1.84 bits per heavy atom. The second-order valence-corrected chi connectivity index (χ2v) is 8.85. The third-order valence-electron chi connectivity index (χ3n) is 5.05. The molecule has 1 aliphatic rings. The number of carbonyl (C=O) groups is 1. The van der Waals surface area contributed by atoms with Gasteiger partial charge in [-0.3, -0.25) is 9.32 Å². The average Bonchev–Trinajstić information content (AvgIpc) is 2.80. The number of carbonyl (C=O) groups excluding carboxylic acids is 1. The summed E-state index contributed by atoms with van der Waals surface area (Å²) >= 11 is 0. The minimum atomic E-state index is -4.09. The minimum absolute atomic E-state index is 0.135. The lowest BCUT2D eigenvalue weighted by molar-refractivity contribution is -0.131. The molecule has 0 aromatic heterocycles. The molecule has 1 aliphatic heterocycles. The second-order valence-electron chi connectivity index (χ2n) is 7.38. The van der Waals surface area contributed by atoms with Crippen LogP contribution in [0.5, 0.6) is 11.5 Å². The topological polar surface area (TPSA) is 65.1 Å². The van der Waals surface area contributed by atoms with Crippen molar-refractivity contribution in [2.75, 3.05) is 0 Å². The Morgan fingerprint density at radius 1 is 0.812 bits per heavy atom. The largest absolute Gasteiger partial charge is 0.588 e. The highest BCUT2D eigenvalue weighted by atomic mass is 31.2. The number of phosphoric ester groups is 1. The zero-order valence-electron chi connectivity index (χ0n) is 17.6. The lowest BCUT2D eigenvalue weighted by Crippen LogP contribution is -2.47. The Kier molecular flexibility index (Phi) is 6.74. The summed E-state index contributed by atoms with van der Waals surface area (Å²) in [4.78, 5) is 14.2. The van der Waals surface area contributed by atoms with E-state index in [1.165, 1.54) is 6.08 Å². The van der Waals surface area contributed by atoms with Gasteiger partial charge in [0, 0.05) is 12.6 Å². The number of amides is 1. The van der Waals surface area contributed by atoms with E-state index in [1.54, 1.807) is 59.5 Å². The van der Waals surface area contributed by atoms with Crippen molar-refractivity contribution < 1.29 is 22.9 Å². The lowest BCUT2D eigenvalue weighted by atomic mass is 10.0. The maximum atomic E-state index is 13.7. The van der Waals surface area contributed by atoms with Crippen LogP contribution in [0.3, 0.4) is 0 Å². The maximum Gasteiger partial charge on any atom is 0.588 e. The molecule has 0 saturated carbocycles. The van der Waals surface area contributed by atoms with Crippen molar-refractivity contribution in [2.24, 2.45) is 0 Å². The lowest BCUT2D eigenvalue weighted by Gasteiger charge is -2.36. The van der Waals surface area contributed by atoms with Crippen molar-refractivity contribution in [1.29, 1.82) is 0 Å². The van der Waals surface area contributed by atoms with Gasteiger partial charge in [0.1, 0.15) is 17.6 Å². The average molecular weight is 449 g/mol. The maximum absolute atomic E-state index is 13.7. The molecule has 0 bridgehead atoms. The Morgan fingerprint density at radius 2 is 1.31 bits per heavy atom. The number of phosphoric acid groups is 1. The minimum Gasteiger partial charge on any atom is -0.395 e. The summed E-state index contributed by atoms with van der Waals surface area (Å²) in [5, 5.41) is 0. The Bertz CT molecular complexity index is 1060. The van der Waals surface area contributed by atoms with E-state index in [9.17, 15) is 9.36 Å². The van der Waals surface area contributed by atoms with Crippen molar-refractivity contribution in [2.45, 2.75) is 25.6 Å². The van der Waals surface area contributed by atoms with Gasteiger partial charge in [0.25, 0.3) is 0 Å². The molecule has 0 N–H and O–H groups in total. The van der Waals surface area contributed by atoms with Crippen molar-refractivity contribution in [1.82, 2.24) is 4.90 Å². The summed E-state index contributed by atoms with van der Waals surface area (Å²) in [6.45, 7) is 2.26. The Hall–Kier alpha value is -3.34. The molecule has 0 spiro atoms. The molecule has 164 valence electrons. The van der Waals surface area contributed by atoms with Gasteiger partial charge in [0.2, 0.25) is 5.91 Å². The molecular formula is C25H24NO5P. The number of nitrogens with zero attached hydrogens (tertiary/aromatic N) is 1. The third kappa shape index (κ3) is 5.47. The van der Waals surface area contributed by atoms with Crippen molar-refractivity contribution in [3.63, 3.8) is 0 Å². The zero-order chi connectivity index (χ0) is 22.4. The van der Waals surface area contributed by atoms with Crippen LogP contribution in [-0.4, -0.2) is 23.0 Å². The first-order valence-corrected chi connectivity index (χ1v) is 11.8. The predicted molar refractivity (Wildman–Crippen MR) is 122 cm³/mol. The van der Waals surface area contributed by atoms with Crippen LogP contribution >= 0.6 is 7.82 Å². The van der Waals surface area contributed by atoms with Crippen molar-refractivity contribution >= 4 is 13.7 Å². The highest BCUT2D eigenvalue weighted by Gasteiger charge is 2.39. The monoisotopic (exact) mass is 449 g/mol. The van der Waals surface area contributed by atoms with E-state index in [0.717, 1.165) is 5.56 Å². The normalized spacial score (nSPS) is 18.4. The highest BCUT2D eigenvalue weighted by Crippen LogP contribution is 2.51.